The smallest absolute Gasteiger partial charge is 0.254 e. The van der Waals surface area contributed by atoms with E-state index in [1.54, 1.807) is 10.7 Å². The van der Waals surface area contributed by atoms with Crippen molar-refractivity contribution in [1.82, 2.24) is 20.1 Å². The number of rotatable bonds is 4. The molecule has 0 saturated carbocycles. The number of hydrogen-bond acceptors (Lipinski definition) is 3. The van der Waals surface area contributed by atoms with Gasteiger partial charge in [-0.05, 0) is 19.4 Å². The zero-order valence-electron chi connectivity index (χ0n) is 11.8. The Morgan fingerprint density at radius 1 is 1.50 bits per heavy atom. The van der Waals surface area contributed by atoms with E-state index in [-0.39, 0.29) is 5.91 Å². The summed E-state index contributed by atoms with van der Waals surface area (Å²) in [6.45, 7) is 4.30. The molecule has 5 nitrogen and oxygen atoms in total. The van der Waals surface area contributed by atoms with E-state index in [1.165, 1.54) is 6.20 Å². The lowest BCUT2D eigenvalue weighted by Crippen LogP contribution is -2.23. The second-order valence-corrected chi connectivity index (χ2v) is 5.02. The lowest BCUT2D eigenvalue weighted by Gasteiger charge is -2.06. The van der Waals surface area contributed by atoms with Crippen molar-refractivity contribution in [3.8, 4) is 0 Å². The first-order chi connectivity index (χ1) is 9.51. The SMILES string of the molecule is CCc1nn(C)cc1CNC(=O)c1cnc(C)cc1Cl. The van der Waals surface area contributed by atoms with E-state index in [4.69, 9.17) is 11.6 Å². The summed E-state index contributed by atoms with van der Waals surface area (Å²) < 4.78 is 1.75. The van der Waals surface area contributed by atoms with Crippen molar-refractivity contribution in [3.05, 3.63) is 46.0 Å². The van der Waals surface area contributed by atoms with Crippen LogP contribution < -0.4 is 5.32 Å². The first kappa shape index (κ1) is 14.5. The molecule has 0 atom stereocenters. The predicted molar refractivity (Wildman–Crippen MR) is 77.7 cm³/mol. The number of nitrogens with zero attached hydrogens (tertiary/aromatic N) is 3. The van der Waals surface area contributed by atoms with Crippen LogP contribution in [0.5, 0.6) is 0 Å². The quantitative estimate of drug-likeness (QED) is 0.940. The fourth-order valence-corrected chi connectivity index (χ4v) is 2.29. The Hall–Kier alpha value is -1.88. The molecular formula is C14H17ClN4O. The third kappa shape index (κ3) is 3.17. The van der Waals surface area contributed by atoms with Crippen LogP contribution in [0.4, 0.5) is 0 Å². The molecule has 0 fully saturated rings. The summed E-state index contributed by atoms with van der Waals surface area (Å²) in [5.74, 6) is -0.228. The second-order valence-electron chi connectivity index (χ2n) is 4.62. The molecule has 2 heterocycles. The number of amides is 1. The predicted octanol–water partition coefficient (Wildman–Crippen LogP) is 2.27. The van der Waals surface area contributed by atoms with Crippen molar-refractivity contribution in [1.29, 1.82) is 0 Å². The molecule has 2 aromatic heterocycles. The highest BCUT2D eigenvalue weighted by atomic mass is 35.5. The molecule has 0 bridgehead atoms. The molecule has 0 aliphatic carbocycles. The second kappa shape index (κ2) is 6.05. The number of nitrogens with one attached hydrogen (secondary N) is 1. The number of pyridine rings is 1. The average Bonchev–Trinajstić information content (AvgIpc) is 2.76. The van der Waals surface area contributed by atoms with Crippen molar-refractivity contribution >= 4 is 17.5 Å². The van der Waals surface area contributed by atoms with E-state index in [0.29, 0.717) is 17.1 Å². The normalized spacial score (nSPS) is 10.6. The maximum Gasteiger partial charge on any atom is 0.254 e. The van der Waals surface area contributed by atoms with Gasteiger partial charge in [0.05, 0.1) is 16.3 Å². The third-order valence-corrected chi connectivity index (χ3v) is 3.31. The van der Waals surface area contributed by atoms with E-state index in [1.807, 2.05) is 27.1 Å². The van der Waals surface area contributed by atoms with Crippen LogP contribution in [0.25, 0.3) is 0 Å². The first-order valence-electron chi connectivity index (χ1n) is 6.43. The van der Waals surface area contributed by atoms with Crippen LogP contribution in [0.2, 0.25) is 5.02 Å². The van der Waals surface area contributed by atoms with Gasteiger partial charge in [-0.25, -0.2) is 0 Å². The maximum atomic E-state index is 12.1. The Bertz CT molecular complexity index is 636. The van der Waals surface area contributed by atoms with Crippen molar-refractivity contribution in [2.75, 3.05) is 0 Å². The molecule has 20 heavy (non-hydrogen) atoms. The van der Waals surface area contributed by atoms with Gasteiger partial charge in [-0.3, -0.25) is 14.5 Å². The van der Waals surface area contributed by atoms with E-state index in [2.05, 4.69) is 15.4 Å². The Morgan fingerprint density at radius 3 is 2.90 bits per heavy atom. The zero-order chi connectivity index (χ0) is 14.7. The summed E-state index contributed by atoms with van der Waals surface area (Å²) in [5, 5.41) is 7.60. The molecular weight excluding hydrogens is 276 g/mol. The molecule has 0 unspecified atom stereocenters. The van der Waals surface area contributed by atoms with Crippen LogP contribution in [0.15, 0.2) is 18.5 Å². The largest absolute Gasteiger partial charge is 0.348 e. The highest BCUT2D eigenvalue weighted by Gasteiger charge is 2.12. The van der Waals surface area contributed by atoms with E-state index < -0.39 is 0 Å². The Morgan fingerprint density at radius 2 is 2.25 bits per heavy atom. The number of carbonyl (C=O) groups excluding carboxylic acids is 1. The lowest BCUT2D eigenvalue weighted by atomic mass is 10.2. The topological polar surface area (TPSA) is 59.8 Å². The molecule has 2 aromatic rings. The minimum atomic E-state index is -0.228. The van der Waals surface area contributed by atoms with Gasteiger partial charge in [0.25, 0.3) is 5.91 Å². The van der Waals surface area contributed by atoms with Crippen LogP contribution in [0, 0.1) is 6.92 Å². The standard InChI is InChI=1S/C14H17ClN4O/c1-4-13-10(8-19(3)18-13)6-17-14(20)11-7-16-9(2)5-12(11)15/h5,7-8H,4,6H2,1-3H3,(H,17,20). The molecule has 6 heteroatoms. The summed E-state index contributed by atoms with van der Waals surface area (Å²) in [6.07, 6.45) is 4.24. The third-order valence-electron chi connectivity index (χ3n) is 3.00. The highest BCUT2D eigenvalue weighted by Crippen LogP contribution is 2.16. The highest BCUT2D eigenvalue weighted by molar-refractivity contribution is 6.33. The van der Waals surface area contributed by atoms with Gasteiger partial charge in [0.2, 0.25) is 0 Å². The van der Waals surface area contributed by atoms with E-state index in [0.717, 1.165) is 23.4 Å². The van der Waals surface area contributed by atoms with Gasteiger partial charge in [0.1, 0.15) is 0 Å². The van der Waals surface area contributed by atoms with Crippen LogP contribution in [0.1, 0.15) is 34.2 Å². The summed E-state index contributed by atoms with van der Waals surface area (Å²) in [5.41, 5.74) is 3.17. The fraction of sp³-hybridized carbons (Fsp3) is 0.357. The van der Waals surface area contributed by atoms with Crippen LogP contribution in [-0.2, 0) is 20.0 Å². The fourth-order valence-electron chi connectivity index (χ4n) is 1.99. The molecule has 0 saturated heterocycles. The number of hydrogen-bond donors (Lipinski definition) is 1. The van der Waals surface area contributed by atoms with Gasteiger partial charge < -0.3 is 5.32 Å². The molecule has 2 rings (SSSR count). The van der Waals surface area contributed by atoms with Crippen molar-refractivity contribution in [2.24, 2.45) is 7.05 Å². The molecule has 0 aliphatic rings. The van der Waals surface area contributed by atoms with Gasteiger partial charge in [0.15, 0.2) is 0 Å². The monoisotopic (exact) mass is 292 g/mol. The molecule has 106 valence electrons. The first-order valence-corrected chi connectivity index (χ1v) is 6.80. The Balaban J connectivity index is 2.08. The lowest BCUT2D eigenvalue weighted by molar-refractivity contribution is 0.0950. The van der Waals surface area contributed by atoms with Gasteiger partial charge in [-0.15, -0.1) is 0 Å². The molecule has 0 aromatic carbocycles. The molecule has 0 spiro atoms. The van der Waals surface area contributed by atoms with Crippen molar-refractivity contribution in [2.45, 2.75) is 26.8 Å². The van der Waals surface area contributed by atoms with Gasteiger partial charge in [-0.1, -0.05) is 18.5 Å². The van der Waals surface area contributed by atoms with Gasteiger partial charge in [-0.2, -0.15) is 5.10 Å². The Labute approximate surface area is 123 Å². The van der Waals surface area contributed by atoms with Crippen molar-refractivity contribution < 1.29 is 4.79 Å². The number of aromatic nitrogens is 3. The molecule has 1 amide bonds. The summed E-state index contributed by atoms with van der Waals surface area (Å²) in [7, 11) is 1.87. The van der Waals surface area contributed by atoms with Crippen LogP contribution in [0.3, 0.4) is 0 Å². The van der Waals surface area contributed by atoms with Crippen molar-refractivity contribution in [3.63, 3.8) is 0 Å². The molecule has 0 radical (unpaired) electrons. The summed E-state index contributed by atoms with van der Waals surface area (Å²) in [4.78, 5) is 16.2. The summed E-state index contributed by atoms with van der Waals surface area (Å²) >= 11 is 6.05. The number of aryl methyl sites for hydroxylation is 3. The van der Waals surface area contributed by atoms with Crippen LogP contribution >= 0.6 is 11.6 Å². The minimum absolute atomic E-state index is 0.228. The van der Waals surface area contributed by atoms with E-state index in [9.17, 15) is 4.79 Å². The molecule has 0 aliphatic heterocycles. The summed E-state index contributed by atoms with van der Waals surface area (Å²) in [6, 6.07) is 1.68. The van der Waals surface area contributed by atoms with Gasteiger partial charge >= 0.3 is 0 Å². The number of halogens is 1. The van der Waals surface area contributed by atoms with E-state index >= 15 is 0 Å². The van der Waals surface area contributed by atoms with Gasteiger partial charge in [0, 0.05) is 37.2 Å². The number of carbonyl (C=O) groups is 1. The molecule has 1 N–H and O–H groups in total. The average molecular weight is 293 g/mol. The minimum Gasteiger partial charge on any atom is -0.348 e. The van der Waals surface area contributed by atoms with Crippen LogP contribution in [-0.4, -0.2) is 20.7 Å². The Kier molecular flexibility index (Phi) is 4.39. The maximum absolute atomic E-state index is 12.1. The zero-order valence-corrected chi connectivity index (χ0v) is 12.5.